The van der Waals surface area contributed by atoms with Crippen LogP contribution in [0.4, 0.5) is 0 Å². The summed E-state index contributed by atoms with van der Waals surface area (Å²) in [4.78, 5) is 12.9. The van der Waals surface area contributed by atoms with Crippen LogP contribution in [0, 0.1) is 0 Å². The Morgan fingerprint density at radius 3 is 2.33 bits per heavy atom. The fourth-order valence-corrected chi connectivity index (χ4v) is 4.38. The summed E-state index contributed by atoms with van der Waals surface area (Å²) in [6, 6.07) is 11.6. The van der Waals surface area contributed by atoms with E-state index in [-0.39, 0.29) is 16.2 Å². The van der Waals surface area contributed by atoms with E-state index in [1.807, 2.05) is 12.1 Å². The van der Waals surface area contributed by atoms with Crippen LogP contribution in [-0.2, 0) is 30.8 Å². The molecule has 8 heteroatoms. The minimum Gasteiger partial charge on any atom is -0.467 e. The highest BCUT2D eigenvalue weighted by molar-refractivity contribution is 7.85. The Kier molecular flexibility index (Phi) is 4.74. The van der Waals surface area contributed by atoms with E-state index in [1.54, 1.807) is 24.3 Å². The second-order valence-corrected chi connectivity index (χ2v) is 9.06. The van der Waals surface area contributed by atoms with E-state index in [9.17, 15) is 13.2 Å². The van der Waals surface area contributed by atoms with Crippen molar-refractivity contribution in [1.82, 2.24) is 4.72 Å². The number of carbonyl (C=O) groups excluding carboxylic acids is 1. The van der Waals surface area contributed by atoms with Gasteiger partial charge in [0.25, 0.3) is 0 Å². The maximum Gasteiger partial charge on any atom is 0.384 e. The largest absolute Gasteiger partial charge is 0.467 e. The van der Waals surface area contributed by atoms with Crippen molar-refractivity contribution in [2.45, 2.75) is 31.7 Å². The van der Waals surface area contributed by atoms with Crippen LogP contribution in [-0.4, -0.2) is 21.5 Å². The SMILES string of the molecule is COC(=O)[C@]1(c2ccc(C(C)(C)C)cc2)NS(=O)(=O)Oc2cc(Cl)ccc21. The van der Waals surface area contributed by atoms with E-state index in [0.717, 1.165) is 5.56 Å². The molecule has 1 N–H and O–H groups in total. The lowest BCUT2D eigenvalue weighted by Crippen LogP contribution is -2.57. The normalized spacial score (nSPS) is 21.1. The molecule has 6 nitrogen and oxygen atoms in total. The zero-order valence-electron chi connectivity index (χ0n) is 15.4. The molecule has 2 aromatic carbocycles. The highest BCUT2D eigenvalue weighted by atomic mass is 35.5. The molecule has 0 amide bonds. The third kappa shape index (κ3) is 3.42. The van der Waals surface area contributed by atoms with Gasteiger partial charge in [0.05, 0.1) is 7.11 Å². The van der Waals surface area contributed by atoms with Gasteiger partial charge in [-0.1, -0.05) is 62.7 Å². The lowest BCUT2D eigenvalue weighted by Gasteiger charge is -2.37. The molecule has 0 radical (unpaired) electrons. The number of hydrogen-bond donors (Lipinski definition) is 1. The van der Waals surface area contributed by atoms with Crippen molar-refractivity contribution in [3.63, 3.8) is 0 Å². The fourth-order valence-electron chi connectivity index (χ4n) is 3.11. The summed E-state index contributed by atoms with van der Waals surface area (Å²) in [5, 5.41) is 0.285. The van der Waals surface area contributed by atoms with Crippen LogP contribution in [0.15, 0.2) is 42.5 Å². The molecule has 1 aliphatic heterocycles. The Morgan fingerprint density at radius 1 is 1.15 bits per heavy atom. The standard InChI is InChI=1S/C19H20ClNO5S/c1-18(2,3)12-5-7-13(8-6-12)19(17(22)25-4)15-10-9-14(20)11-16(15)26-27(23,24)21-19/h5-11,21H,1-4H3/t19-/m1/s1. The highest BCUT2D eigenvalue weighted by Crippen LogP contribution is 2.42. The van der Waals surface area contributed by atoms with Crippen LogP contribution in [0.5, 0.6) is 5.75 Å². The van der Waals surface area contributed by atoms with Crippen LogP contribution in [0.3, 0.4) is 0 Å². The predicted molar refractivity (Wildman–Crippen MR) is 102 cm³/mol. The number of esters is 1. The Hall–Kier alpha value is -2.09. The number of carbonyl (C=O) groups is 1. The summed E-state index contributed by atoms with van der Waals surface area (Å²) < 4.78 is 37.1. The molecule has 27 heavy (non-hydrogen) atoms. The van der Waals surface area contributed by atoms with Crippen molar-refractivity contribution >= 4 is 27.9 Å². The van der Waals surface area contributed by atoms with E-state index in [0.29, 0.717) is 11.1 Å². The Morgan fingerprint density at radius 2 is 1.78 bits per heavy atom. The van der Waals surface area contributed by atoms with E-state index in [1.165, 1.54) is 13.2 Å². The van der Waals surface area contributed by atoms with Crippen molar-refractivity contribution in [3.8, 4) is 5.75 Å². The van der Waals surface area contributed by atoms with Gasteiger partial charge in [0.15, 0.2) is 11.3 Å². The molecule has 3 rings (SSSR count). The minimum absolute atomic E-state index is 0.0217. The van der Waals surface area contributed by atoms with E-state index < -0.39 is 21.8 Å². The van der Waals surface area contributed by atoms with Gasteiger partial charge in [0.2, 0.25) is 0 Å². The number of fused-ring (bicyclic) bond motifs is 1. The number of ether oxygens (including phenoxy) is 1. The monoisotopic (exact) mass is 409 g/mol. The van der Waals surface area contributed by atoms with Crippen LogP contribution < -0.4 is 8.91 Å². The first-order chi connectivity index (χ1) is 12.5. The number of hydrogen-bond acceptors (Lipinski definition) is 5. The molecule has 144 valence electrons. The van der Waals surface area contributed by atoms with E-state index in [2.05, 4.69) is 25.5 Å². The summed E-state index contributed by atoms with van der Waals surface area (Å²) in [6.45, 7) is 6.19. The maximum atomic E-state index is 12.9. The van der Waals surface area contributed by atoms with Crippen molar-refractivity contribution < 1.29 is 22.1 Å². The average Bonchev–Trinajstić information content (AvgIpc) is 2.58. The first kappa shape index (κ1) is 19.7. The Balaban J connectivity index is 2.30. The van der Waals surface area contributed by atoms with Crippen molar-refractivity contribution in [2.24, 2.45) is 0 Å². The zero-order valence-corrected chi connectivity index (χ0v) is 16.9. The van der Waals surface area contributed by atoms with Crippen molar-refractivity contribution in [2.75, 3.05) is 7.11 Å². The molecule has 1 aliphatic rings. The first-order valence-corrected chi connectivity index (χ1v) is 10.0. The number of rotatable bonds is 2. The predicted octanol–water partition coefficient (Wildman–Crippen LogP) is 3.28. The summed E-state index contributed by atoms with van der Waals surface area (Å²) in [6.07, 6.45) is 0. The average molecular weight is 410 g/mol. The molecule has 0 saturated carbocycles. The van der Waals surface area contributed by atoms with Gasteiger partial charge in [-0.3, -0.25) is 0 Å². The molecule has 2 aromatic rings. The molecule has 0 spiro atoms. The summed E-state index contributed by atoms with van der Waals surface area (Å²) >= 11 is 5.98. The van der Waals surface area contributed by atoms with Crippen LogP contribution in [0.25, 0.3) is 0 Å². The maximum absolute atomic E-state index is 12.9. The molecular weight excluding hydrogens is 390 g/mol. The van der Waals surface area contributed by atoms with Crippen molar-refractivity contribution in [3.05, 3.63) is 64.2 Å². The van der Waals surface area contributed by atoms with E-state index in [4.69, 9.17) is 20.5 Å². The molecule has 0 fully saturated rings. The third-order valence-corrected chi connectivity index (χ3v) is 5.69. The second kappa shape index (κ2) is 6.51. The quantitative estimate of drug-likeness (QED) is 0.770. The van der Waals surface area contributed by atoms with Gasteiger partial charge in [-0.15, -0.1) is 0 Å². The third-order valence-electron chi connectivity index (χ3n) is 4.50. The Bertz CT molecular complexity index is 996. The lowest BCUT2D eigenvalue weighted by atomic mass is 9.80. The van der Waals surface area contributed by atoms with Gasteiger partial charge < -0.3 is 8.92 Å². The Labute approximate surface area is 163 Å². The van der Waals surface area contributed by atoms with E-state index >= 15 is 0 Å². The topological polar surface area (TPSA) is 81.7 Å². The van der Waals surface area contributed by atoms with Crippen LogP contribution >= 0.6 is 11.6 Å². The van der Waals surface area contributed by atoms with Crippen molar-refractivity contribution in [1.29, 1.82) is 0 Å². The molecular formula is C19H20ClNO5S. The molecule has 1 heterocycles. The van der Waals surface area contributed by atoms with Crippen LogP contribution in [0.1, 0.15) is 37.5 Å². The molecule has 0 aliphatic carbocycles. The summed E-state index contributed by atoms with van der Waals surface area (Å²) in [5.74, 6) is -0.798. The highest BCUT2D eigenvalue weighted by Gasteiger charge is 2.52. The lowest BCUT2D eigenvalue weighted by molar-refractivity contribution is -0.146. The zero-order chi connectivity index (χ0) is 20.0. The number of benzene rings is 2. The molecule has 0 bridgehead atoms. The van der Waals surface area contributed by atoms with Crippen LogP contribution in [0.2, 0.25) is 5.02 Å². The molecule has 1 atom stereocenters. The molecule has 0 unspecified atom stereocenters. The number of methoxy groups -OCH3 is 1. The van der Waals surface area contributed by atoms with Gasteiger partial charge in [0.1, 0.15) is 0 Å². The van der Waals surface area contributed by atoms with Gasteiger partial charge >= 0.3 is 16.3 Å². The minimum atomic E-state index is -4.27. The number of halogens is 1. The van der Waals surface area contributed by atoms with Gasteiger partial charge in [-0.05, 0) is 22.6 Å². The van der Waals surface area contributed by atoms with Gasteiger partial charge in [-0.2, -0.15) is 13.1 Å². The summed E-state index contributed by atoms with van der Waals surface area (Å²) in [5.41, 5.74) is -0.118. The fraction of sp³-hybridized carbons (Fsp3) is 0.316. The number of nitrogens with one attached hydrogen (secondary N) is 1. The summed E-state index contributed by atoms with van der Waals surface area (Å²) in [7, 11) is -3.07. The first-order valence-electron chi connectivity index (χ1n) is 8.22. The van der Waals surface area contributed by atoms with Gasteiger partial charge in [-0.25, -0.2) is 4.79 Å². The molecule has 0 saturated heterocycles. The van der Waals surface area contributed by atoms with Gasteiger partial charge in [0, 0.05) is 16.7 Å². The smallest absolute Gasteiger partial charge is 0.384 e. The molecule has 0 aromatic heterocycles. The second-order valence-electron chi connectivity index (χ2n) is 7.35.